The fraction of sp³-hybridized carbons (Fsp3) is 0.529. The first-order valence-electron chi connectivity index (χ1n) is 7.49. The van der Waals surface area contributed by atoms with E-state index in [4.69, 9.17) is 9.47 Å². The van der Waals surface area contributed by atoms with Crippen LogP contribution in [0.25, 0.3) is 0 Å². The summed E-state index contributed by atoms with van der Waals surface area (Å²) in [5.74, 6) is 1.30. The average molecular weight is 276 g/mol. The van der Waals surface area contributed by atoms with E-state index >= 15 is 0 Å². The Bertz CT molecular complexity index is 524. The molecule has 1 fully saturated rings. The molecule has 2 nitrogen and oxygen atoms in total. The van der Waals surface area contributed by atoms with Gasteiger partial charge in [-0.25, -0.2) is 0 Å². The molecule has 0 N–H and O–H groups in total. The van der Waals surface area contributed by atoms with Crippen molar-refractivity contribution in [2.45, 2.75) is 45.1 Å². The summed E-state index contributed by atoms with van der Waals surface area (Å²) in [5.41, 5.74) is 1.02. The number of allylic oxidation sites excluding steroid dienone is 2. The van der Waals surface area contributed by atoms with E-state index in [1.54, 1.807) is 6.07 Å². The van der Waals surface area contributed by atoms with Gasteiger partial charge in [-0.2, -0.15) is 4.39 Å². The summed E-state index contributed by atoms with van der Waals surface area (Å²) in [6.45, 7) is 4.37. The van der Waals surface area contributed by atoms with Gasteiger partial charge in [0.1, 0.15) is 6.10 Å². The maximum Gasteiger partial charge on any atom is 0.207 e. The summed E-state index contributed by atoms with van der Waals surface area (Å²) in [6.07, 6.45) is 7.66. The van der Waals surface area contributed by atoms with Crippen molar-refractivity contribution in [1.29, 1.82) is 0 Å². The lowest BCUT2D eigenvalue weighted by Gasteiger charge is -2.29. The third kappa shape index (κ3) is 2.19. The number of ether oxygens (including phenoxy) is 2. The zero-order valence-corrected chi connectivity index (χ0v) is 12.1. The first kappa shape index (κ1) is 13.5. The van der Waals surface area contributed by atoms with Gasteiger partial charge in [-0.05, 0) is 45.1 Å². The molecule has 0 radical (unpaired) electrons. The van der Waals surface area contributed by atoms with Crippen molar-refractivity contribution < 1.29 is 13.9 Å². The molecule has 0 bridgehead atoms. The summed E-state index contributed by atoms with van der Waals surface area (Å²) in [4.78, 5) is 0. The van der Waals surface area contributed by atoms with Crippen molar-refractivity contribution in [2.75, 3.05) is 6.61 Å². The van der Waals surface area contributed by atoms with Crippen LogP contribution in [-0.4, -0.2) is 12.7 Å². The molecule has 3 atom stereocenters. The minimum absolute atomic E-state index is 0.117. The second kappa shape index (κ2) is 5.47. The van der Waals surface area contributed by atoms with Gasteiger partial charge in [-0.3, -0.25) is 0 Å². The van der Waals surface area contributed by atoms with Crippen LogP contribution in [-0.2, 0) is 0 Å². The summed E-state index contributed by atoms with van der Waals surface area (Å²) < 4.78 is 25.6. The zero-order chi connectivity index (χ0) is 14.1. The monoisotopic (exact) mass is 276 g/mol. The zero-order valence-electron chi connectivity index (χ0n) is 12.1. The van der Waals surface area contributed by atoms with Gasteiger partial charge in [0.2, 0.25) is 5.82 Å². The summed E-state index contributed by atoms with van der Waals surface area (Å²) >= 11 is 0. The van der Waals surface area contributed by atoms with Gasteiger partial charge >= 0.3 is 0 Å². The Morgan fingerprint density at radius 2 is 2.25 bits per heavy atom. The quantitative estimate of drug-likeness (QED) is 0.760. The number of hydrogen-bond donors (Lipinski definition) is 0. The van der Waals surface area contributed by atoms with E-state index in [0.29, 0.717) is 29.9 Å². The normalized spacial score (nSPS) is 28.1. The number of rotatable bonds is 3. The molecule has 108 valence electrons. The van der Waals surface area contributed by atoms with Crippen LogP contribution in [0.3, 0.4) is 0 Å². The van der Waals surface area contributed by atoms with Crippen molar-refractivity contribution in [2.24, 2.45) is 5.92 Å². The SMILES string of the molecule is C/C=C\C1CC[C@H]2c3ccc(OCC)c(F)c3OC2C1. The maximum atomic E-state index is 14.4. The predicted molar refractivity (Wildman–Crippen MR) is 76.9 cm³/mol. The Labute approximate surface area is 119 Å². The van der Waals surface area contributed by atoms with Crippen LogP contribution in [0.15, 0.2) is 24.3 Å². The molecule has 1 aliphatic carbocycles. The van der Waals surface area contributed by atoms with E-state index in [2.05, 4.69) is 12.2 Å². The van der Waals surface area contributed by atoms with E-state index in [-0.39, 0.29) is 11.9 Å². The standard InChI is InChI=1S/C17H21FO2/c1-3-5-11-6-7-12-13-8-9-14(19-4-2)16(18)17(13)20-15(12)10-11/h3,5,8-9,11-12,15H,4,6-7,10H2,1-2H3/b5-3-/t11?,12-,15?/m0/s1. The topological polar surface area (TPSA) is 18.5 Å². The van der Waals surface area contributed by atoms with Crippen LogP contribution in [0.5, 0.6) is 11.5 Å². The predicted octanol–water partition coefficient (Wildman–Crippen LogP) is 4.45. The van der Waals surface area contributed by atoms with E-state index < -0.39 is 0 Å². The lowest BCUT2D eigenvalue weighted by atomic mass is 9.78. The van der Waals surface area contributed by atoms with E-state index in [1.165, 1.54) is 0 Å². The number of halogens is 1. The Morgan fingerprint density at radius 3 is 3.00 bits per heavy atom. The molecule has 1 heterocycles. The van der Waals surface area contributed by atoms with Gasteiger partial charge in [0.15, 0.2) is 11.5 Å². The highest BCUT2D eigenvalue weighted by atomic mass is 19.1. The van der Waals surface area contributed by atoms with Crippen LogP contribution in [0.1, 0.15) is 44.6 Å². The molecule has 1 aromatic carbocycles. The fourth-order valence-electron chi connectivity index (χ4n) is 3.48. The molecule has 1 saturated carbocycles. The minimum Gasteiger partial charge on any atom is -0.491 e. The van der Waals surface area contributed by atoms with Crippen LogP contribution in [0.4, 0.5) is 4.39 Å². The third-order valence-electron chi connectivity index (χ3n) is 4.36. The van der Waals surface area contributed by atoms with Crippen molar-refractivity contribution in [3.05, 3.63) is 35.7 Å². The molecule has 2 unspecified atom stereocenters. The van der Waals surface area contributed by atoms with E-state index in [1.807, 2.05) is 19.9 Å². The van der Waals surface area contributed by atoms with Crippen molar-refractivity contribution in [1.82, 2.24) is 0 Å². The largest absolute Gasteiger partial charge is 0.491 e. The van der Waals surface area contributed by atoms with Crippen molar-refractivity contribution in [3.63, 3.8) is 0 Å². The van der Waals surface area contributed by atoms with Crippen LogP contribution >= 0.6 is 0 Å². The Balaban J connectivity index is 1.86. The molecule has 0 aromatic heterocycles. The molecule has 3 heteroatoms. The van der Waals surface area contributed by atoms with Crippen LogP contribution in [0.2, 0.25) is 0 Å². The number of benzene rings is 1. The molecular formula is C17H21FO2. The minimum atomic E-state index is -0.332. The second-order valence-corrected chi connectivity index (χ2v) is 5.59. The lowest BCUT2D eigenvalue weighted by molar-refractivity contribution is 0.139. The van der Waals surface area contributed by atoms with Gasteiger partial charge in [-0.1, -0.05) is 18.2 Å². The van der Waals surface area contributed by atoms with Gasteiger partial charge < -0.3 is 9.47 Å². The molecule has 0 spiro atoms. The molecule has 1 aliphatic heterocycles. The summed E-state index contributed by atoms with van der Waals surface area (Å²) in [5, 5.41) is 0. The van der Waals surface area contributed by atoms with Crippen molar-refractivity contribution >= 4 is 0 Å². The summed E-state index contributed by atoms with van der Waals surface area (Å²) in [7, 11) is 0. The molecule has 2 aliphatic rings. The molecule has 20 heavy (non-hydrogen) atoms. The summed E-state index contributed by atoms with van der Waals surface area (Å²) in [6, 6.07) is 3.71. The highest BCUT2D eigenvalue weighted by molar-refractivity contribution is 5.48. The van der Waals surface area contributed by atoms with E-state index in [0.717, 1.165) is 24.8 Å². The van der Waals surface area contributed by atoms with Gasteiger partial charge in [0.25, 0.3) is 0 Å². The van der Waals surface area contributed by atoms with Crippen LogP contribution < -0.4 is 9.47 Å². The molecule has 1 aromatic rings. The van der Waals surface area contributed by atoms with Crippen molar-refractivity contribution in [3.8, 4) is 11.5 Å². The Kier molecular flexibility index (Phi) is 3.68. The van der Waals surface area contributed by atoms with Gasteiger partial charge in [-0.15, -0.1) is 0 Å². The van der Waals surface area contributed by atoms with Crippen LogP contribution in [0, 0.1) is 11.7 Å². The first-order valence-corrected chi connectivity index (χ1v) is 7.49. The van der Waals surface area contributed by atoms with Gasteiger partial charge in [0, 0.05) is 11.5 Å². The Hall–Kier alpha value is -1.51. The first-order chi connectivity index (χ1) is 9.74. The third-order valence-corrected chi connectivity index (χ3v) is 4.36. The number of fused-ring (bicyclic) bond motifs is 3. The smallest absolute Gasteiger partial charge is 0.207 e. The highest BCUT2D eigenvalue weighted by Crippen LogP contribution is 2.49. The second-order valence-electron chi connectivity index (χ2n) is 5.59. The fourth-order valence-corrected chi connectivity index (χ4v) is 3.48. The molecule has 3 rings (SSSR count). The average Bonchev–Trinajstić information content (AvgIpc) is 2.81. The lowest BCUT2D eigenvalue weighted by Crippen LogP contribution is -2.27. The van der Waals surface area contributed by atoms with E-state index in [9.17, 15) is 4.39 Å². The molecule has 0 amide bonds. The highest BCUT2D eigenvalue weighted by Gasteiger charge is 2.40. The Morgan fingerprint density at radius 1 is 1.40 bits per heavy atom. The molecule has 0 saturated heterocycles. The maximum absolute atomic E-state index is 14.4. The number of hydrogen-bond acceptors (Lipinski definition) is 2. The molecular weight excluding hydrogens is 255 g/mol. The van der Waals surface area contributed by atoms with Gasteiger partial charge in [0.05, 0.1) is 6.61 Å².